The monoisotopic (exact) mass is 252 g/mol. The van der Waals surface area contributed by atoms with Crippen molar-refractivity contribution >= 4 is 17.6 Å². The number of anilines is 1. The number of rotatable bonds is 4. The molecule has 1 aromatic rings. The second-order valence-electron chi connectivity index (χ2n) is 4.40. The maximum absolute atomic E-state index is 11.7. The van der Waals surface area contributed by atoms with Crippen LogP contribution >= 0.6 is 0 Å². The van der Waals surface area contributed by atoms with E-state index in [-0.39, 0.29) is 17.2 Å². The van der Waals surface area contributed by atoms with Crippen LogP contribution in [-0.4, -0.2) is 29.6 Å². The van der Waals surface area contributed by atoms with Gasteiger partial charge in [-0.05, 0) is 26.0 Å². The number of ether oxygens (including phenoxy) is 1. The molecule has 1 amide bonds. The van der Waals surface area contributed by atoms with Crippen LogP contribution in [0.1, 0.15) is 24.2 Å². The molecular formula is C12H16N2O4. The molecule has 0 radical (unpaired) electrons. The van der Waals surface area contributed by atoms with E-state index in [4.69, 9.17) is 15.6 Å². The smallest absolute Gasteiger partial charge is 0.339 e. The number of carbonyl (C=O) groups excluding carboxylic acids is 1. The van der Waals surface area contributed by atoms with Crippen LogP contribution in [0.3, 0.4) is 0 Å². The molecule has 0 atom stereocenters. The van der Waals surface area contributed by atoms with Crippen molar-refractivity contribution < 1.29 is 19.4 Å². The molecule has 4 N–H and O–H groups in total. The van der Waals surface area contributed by atoms with Crippen LogP contribution in [0, 0.1) is 0 Å². The number of carboxylic acids is 1. The zero-order valence-corrected chi connectivity index (χ0v) is 10.5. The molecule has 0 saturated heterocycles. The molecule has 0 aliphatic heterocycles. The first-order chi connectivity index (χ1) is 8.25. The molecule has 0 unspecified atom stereocenters. The summed E-state index contributed by atoms with van der Waals surface area (Å²) in [4.78, 5) is 22.5. The van der Waals surface area contributed by atoms with Crippen LogP contribution in [0.25, 0.3) is 0 Å². The fourth-order valence-corrected chi connectivity index (χ4v) is 1.24. The first kappa shape index (κ1) is 14.0. The maximum Gasteiger partial charge on any atom is 0.339 e. The van der Waals surface area contributed by atoms with Gasteiger partial charge < -0.3 is 20.9 Å². The molecule has 0 bridgehead atoms. The van der Waals surface area contributed by atoms with E-state index in [0.29, 0.717) is 5.69 Å². The Labute approximate surface area is 105 Å². The molecular weight excluding hydrogens is 236 g/mol. The van der Waals surface area contributed by atoms with Crippen molar-refractivity contribution in [1.82, 2.24) is 0 Å². The minimum atomic E-state index is -1.09. The molecule has 0 spiro atoms. The lowest BCUT2D eigenvalue weighted by atomic mass is 10.1. The summed E-state index contributed by atoms with van der Waals surface area (Å²) >= 11 is 0. The van der Waals surface area contributed by atoms with Crippen molar-refractivity contribution in [2.45, 2.75) is 19.4 Å². The number of carboxylic acid groups (broad SMARTS) is 1. The van der Waals surface area contributed by atoms with Crippen molar-refractivity contribution in [3.63, 3.8) is 0 Å². The van der Waals surface area contributed by atoms with Gasteiger partial charge in [0, 0.05) is 11.8 Å². The molecule has 1 rings (SSSR count). The average Bonchev–Trinajstić information content (AvgIpc) is 2.27. The average molecular weight is 252 g/mol. The normalized spacial score (nSPS) is 10.9. The molecule has 1 aromatic carbocycles. The Morgan fingerprint density at radius 2 is 2.00 bits per heavy atom. The first-order valence-corrected chi connectivity index (χ1v) is 5.27. The highest BCUT2D eigenvalue weighted by atomic mass is 16.5. The van der Waals surface area contributed by atoms with Crippen LogP contribution in [-0.2, 0) is 4.79 Å². The SMILES string of the molecule is COc1cc(NC(=O)C(C)(C)N)ccc1C(=O)O. The van der Waals surface area contributed by atoms with E-state index in [1.165, 1.54) is 25.3 Å². The van der Waals surface area contributed by atoms with Gasteiger partial charge in [-0.25, -0.2) is 4.79 Å². The fourth-order valence-electron chi connectivity index (χ4n) is 1.24. The molecule has 6 nitrogen and oxygen atoms in total. The largest absolute Gasteiger partial charge is 0.496 e. The number of hydrogen-bond donors (Lipinski definition) is 3. The zero-order chi connectivity index (χ0) is 13.9. The zero-order valence-electron chi connectivity index (χ0n) is 10.5. The Morgan fingerprint density at radius 3 is 2.44 bits per heavy atom. The van der Waals surface area contributed by atoms with Gasteiger partial charge in [0.15, 0.2) is 0 Å². The van der Waals surface area contributed by atoms with Crippen molar-refractivity contribution in [2.24, 2.45) is 5.73 Å². The Kier molecular flexibility index (Phi) is 3.93. The number of nitrogens with two attached hydrogens (primary N) is 1. The van der Waals surface area contributed by atoms with Crippen molar-refractivity contribution in [2.75, 3.05) is 12.4 Å². The fraction of sp³-hybridized carbons (Fsp3) is 0.333. The molecule has 6 heteroatoms. The van der Waals surface area contributed by atoms with Gasteiger partial charge in [-0.2, -0.15) is 0 Å². The lowest BCUT2D eigenvalue weighted by molar-refractivity contribution is -0.120. The summed E-state index contributed by atoms with van der Waals surface area (Å²) in [5.74, 6) is -1.29. The molecule has 0 fully saturated rings. The van der Waals surface area contributed by atoms with Crippen LogP contribution < -0.4 is 15.8 Å². The number of hydrogen-bond acceptors (Lipinski definition) is 4. The standard InChI is InChI=1S/C12H16N2O4/c1-12(2,13)11(17)14-7-4-5-8(10(15)16)9(6-7)18-3/h4-6H,13H2,1-3H3,(H,14,17)(H,15,16). The van der Waals surface area contributed by atoms with Crippen LogP contribution in [0.5, 0.6) is 5.75 Å². The molecule has 0 aromatic heterocycles. The van der Waals surface area contributed by atoms with Gasteiger partial charge in [-0.1, -0.05) is 0 Å². The van der Waals surface area contributed by atoms with Gasteiger partial charge in [0.2, 0.25) is 5.91 Å². The second kappa shape index (κ2) is 5.05. The van der Waals surface area contributed by atoms with Gasteiger partial charge in [0.1, 0.15) is 11.3 Å². The predicted molar refractivity (Wildman–Crippen MR) is 66.8 cm³/mol. The summed E-state index contributed by atoms with van der Waals surface area (Å²) in [5, 5.41) is 11.5. The van der Waals surface area contributed by atoms with Crippen molar-refractivity contribution in [1.29, 1.82) is 0 Å². The van der Waals surface area contributed by atoms with Crippen molar-refractivity contribution in [3.8, 4) is 5.75 Å². The molecule has 0 aliphatic carbocycles. The van der Waals surface area contributed by atoms with Gasteiger partial charge in [-0.15, -0.1) is 0 Å². The Balaban J connectivity index is 3.00. The van der Waals surface area contributed by atoms with E-state index in [9.17, 15) is 9.59 Å². The molecule has 0 aliphatic rings. The number of amides is 1. The summed E-state index contributed by atoms with van der Waals surface area (Å²) in [7, 11) is 1.36. The lowest BCUT2D eigenvalue weighted by Gasteiger charge is -2.18. The third kappa shape index (κ3) is 3.21. The van der Waals surface area contributed by atoms with Crippen LogP contribution in [0.15, 0.2) is 18.2 Å². The number of benzene rings is 1. The van der Waals surface area contributed by atoms with Gasteiger partial charge >= 0.3 is 5.97 Å². The third-order valence-corrected chi connectivity index (χ3v) is 2.28. The molecule has 0 heterocycles. The second-order valence-corrected chi connectivity index (χ2v) is 4.40. The van der Waals surface area contributed by atoms with E-state index in [0.717, 1.165) is 0 Å². The summed E-state index contributed by atoms with van der Waals surface area (Å²) in [6, 6.07) is 4.28. The summed E-state index contributed by atoms with van der Waals surface area (Å²) in [6.07, 6.45) is 0. The van der Waals surface area contributed by atoms with E-state index < -0.39 is 11.5 Å². The first-order valence-electron chi connectivity index (χ1n) is 5.27. The highest BCUT2D eigenvalue weighted by Gasteiger charge is 2.22. The molecule has 98 valence electrons. The minimum absolute atomic E-state index is 0.0301. The van der Waals surface area contributed by atoms with E-state index in [1.807, 2.05) is 0 Å². The molecule has 18 heavy (non-hydrogen) atoms. The highest BCUT2D eigenvalue weighted by Crippen LogP contribution is 2.23. The predicted octanol–water partition coefficient (Wildman–Crippen LogP) is 1.07. The Bertz CT molecular complexity index is 477. The lowest BCUT2D eigenvalue weighted by Crippen LogP contribution is -2.45. The van der Waals surface area contributed by atoms with E-state index in [1.54, 1.807) is 13.8 Å². The Morgan fingerprint density at radius 1 is 1.39 bits per heavy atom. The maximum atomic E-state index is 11.7. The van der Waals surface area contributed by atoms with Gasteiger partial charge in [-0.3, -0.25) is 4.79 Å². The van der Waals surface area contributed by atoms with E-state index in [2.05, 4.69) is 5.32 Å². The number of aromatic carboxylic acids is 1. The summed E-state index contributed by atoms with van der Waals surface area (Å²) < 4.78 is 4.95. The number of nitrogens with one attached hydrogen (secondary N) is 1. The summed E-state index contributed by atoms with van der Waals surface area (Å²) in [5.41, 5.74) is 5.08. The Hall–Kier alpha value is -2.08. The minimum Gasteiger partial charge on any atom is -0.496 e. The van der Waals surface area contributed by atoms with Gasteiger partial charge in [0.05, 0.1) is 12.6 Å². The van der Waals surface area contributed by atoms with E-state index >= 15 is 0 Å². The van der Waals surface area contributed by atoms with Crippen molar-refractivity contribution in [3.05, 3.63) is 23.8 Å². The number of carbonyl (C=O) groups is 2. The quantitative estimate of drug-likeness (QED) is 0.744. The summed E-state index contributed by atoms with van der Waals surface area (Å²) in [6.45, 7) is 3.15. The third-order valence-electron chi connectivity index (χ3n) is 2.28. The van der Waals surface area contributed by atoms with Crippen LogP contribution in [0.4, 0.5) is 5.69 Å². The number of methoxy groups -OCH3 is 1. The highest BCUT2D eigenvalue weighted by molar-refractivity contribution is 5.98. The molecule has 0 saturated carbocycles. The van der Waals surface area contributed by atoms with Crippen LogP contribution in [0.2, 0.25) is 0 Å². The van der Waals surface area contributed by atoms with Gasteiger partial charge in [0.25, 0.3) is 0 Å². The topological polar surface area (TPSA) is 102 Å².